The van der Waals surface area contributed by atoms with Gasteiger partial charge in [0.05, 0.1) is 55.7 Å². The van der Waals surface area contributed by atoms with Crippen molar-refractivity contribution in [2.24, 2.45) is 0 Å². The largest absolute Gasteiger partial charge is 0.356 e. The molecule has 15 nitrogen and oxygen atoms in total. The van der Waals surface area contributed by atoms with Gasteiger partial charge in [0.25, 0.3) is 30.4 Å². The van der Waals surface area contributed by atoms with Gasteiger partial charge in [0.2, 0.25) is 6.35 Å². The number of urea groups is 2. The molecule has 1 saturated heterocycles. The Hall–Kier alpha value is -2.35. The minimum atomic E-state index is -4.11. The van der Waals surface area contributed by atoms with E-state index in [1.54, 1.807) is 0 Å². The van der Waals surface area contributed by atoms with Crippen molar-refractivity contribution in [1.29, 1.82) is 0 Å². The summed E-state index contributed by atoms with van der Waals surface area (Å²) in [5, 5.41) is 12.0. The zero-order valence-electron chi connectivity index (χ0n) is 17.2. The maximum absolute atomic E-state index is 12.7. The highest BCUT2D eigenvalue weighted by molar-refractivity contribution is 7.90. The molecule has 1 fully saturated rings. The van der Waals surface area contributed by atoms with E-state index in [0.717, 1.165) is 0 Å². The van der Waals surface area contributed by atoms with Gasteiger partial charge in [-0.2, -0.15) is 25.3 Å². The fraction of sp³-hybridized carbons (Fsp3) is 0.467. The molecule has 0 atom stereocenters. The van der Waals surface area contributed by atoms with E-state index in [9.17, 15) is 39.9 Å². The lowest BCUT2D eigenvalue weighted by Gasteiger charge is -2.44. The summed E-state index contributed by atoms with van der Waals surface area (Å²) in [5.41, 5.74) is 0. The molecule has 0 saturated carbocycles. The highest BCUT2D eigenvalue weighted by Gasteiger charge is 2.43. The summed E-state index contributed by atoms with van der Waals surface area (Å²) in [6, 6.07) is -2.25. The molecule has 1 heterocycles. The fourth-order valence-electron chi connectivity index (χ4n) is 2.26. The Morgan fingerprint density at radius 3 is 1.30 bits per heavy atom. The molecule has 1 N–H and O–H groups in total. The van der Waals surface area contributed by atoms with Gasteiger partial charge in [0, 0.05) is 0 Å². The highest BCUT2D eigenvalue weighted by atomic mass is 32.2. The van der Waals surface area contributed by atoms with Crippen LogP contribution in [0.25, 0.3) is 0 Å². The first-order valence-corrected chi connectivity index (χ1v) is 13.2. The average Bonchev–Trinajstić information content (AvgIpc) is 2.75. The van der Waals surface area contributed by atoms with Crippen LogP contribution >= 0.6 is 0 Å². The van der Waals surface area contributed by atoms with E-state index in [-0.39, 0.29) is 0 Å². The predicted octanol–water partition coefficient (Wildman–Crippen LogP) is -1.11. The van der Waals surface area contributed by atoms with Crippen LogP contribution in [0.2, 0.25) is 0 Å². The van der Waals surface area contributed by atoms with Gasteiger partial charge in [-0.1, -0.05) is 19.7 Å². The van der Waals surface area contributed by atoms with Gasteiger partial charge in [-0.25, -0.2) is 14.5 Å². The monoisotopic (exact) mass is 533 g/mol. The zero-order chi connectivity index (χ0) is 25.4. The van der Waals surface area contributed by atoms with E-state index in [0.29, 0.717) is 30.9 Å². The first-order valence-electron chi connectivity index (χ1n) is 8.82. The van der Waals surface area contributed by atoms with E-state index in [1.807, 2.05) is 0 Å². The number of carbonyl (C=O) groups is 2. The average molecular weight is 534 g/mol. The van der Waals surface area contributed by atoms with Gasteiger partial charge >= 0.3 is 12.1 Å². The number of aliphatic hydroxyl groups is 1. The third-order valence-electron chi connectivity index (χ3n) is 3.85. The molecule has 0 unspecified atom stereocenters. The molecule has 188 valence electrons. The van der Waals surface area contributed by atoms with E-state index in [2.05, 4.69) is 32.3 Å². The molecule has 0 radical (unpaired) electrons. The lowest BCUT2D eigenvalue weighted by molar-refractivity contribution is -0.0981. The van der Waals surface area contributed by atoms with Crippen molar-refractivity contribution in [3.63, 3.8) is 0 Å². The summed E-state index contributed by atoms with van der Waals surface area (Å²) in [6.07, 6.45) is -1.95. The number of rotatable bonds is 15. The number of carbonyl (C=O) groups excluding carboxylic acids is 2. The zero-order valence-corrected chi connectivity index (χ0v) is 19.6. The maximum atomic E-state index is 12.7. The van der Waals surface area contributed by atoms with Crippen LogP contribution in [-0.4, -0.2) is 103 Å². The summed E-state index contributed by atoms with van der Waals surface area (Å²) >= 11 is 0. The van der Waals surface area contributed by atoms with Crippen LogP contribution in [0, 0.1) is 0 Å². The molecular formula is C15H23N3O12S3. The fourth-order valence-corrected chi connectivity index (χ4v) is 3.47. The van der Waals surface area contributed by atoms with Crippen LogP contribution < -0.4 is 0 Å². The van der Waals surface area contributed by atoms with Crippen molar-refractivity contribution < 1.29 is 52.5 Å². The Morgan fingerprint density at radius 1 is 0.697 bits per heavy atom. The summed E-state index contributed by atoms with van der Waals surface area (Å²) in [7, 11) is -12.3. The standard InChI is InChI=1S/C15H23N3O12S3/c1-4-31(22,23)28-10-7-16-13(19)17(8-11-29-32(24,25)5-2)15(21)18(14(16)20)9-12-30-33(26,27)6-3/h4-6,13,19H,1-3,7-12H2. The molecule has 0 aromatic rings. The van der Waals surface area contributed by atoms with Crippen molar-refractivity contribution in [3.05, 3.63) is 36.0 Å². The number of nitrogens with zero attached hydrogens (tertiary/aromatic N) is 3. The number of hydrogen-bond donors (Lipinski definition) is 1. The molecule has 18 heteroatoms. The first-order chi connectivity index (χ1) is 15.2. The third-order valence-corrected chi connectivity index (χ3v) is 6.56. The second kappa shape index (κ2) is 11.7. The quantitative estimate of drug-likeness (QED) is 0.250. The third kappa shape index (κ3) is 8.50. The highest BCUT2D eigenvalue weighted by Crippen LogP contribution is 2.18. The summed E-state index contributed by atoms with van der Waals surface area (Å²) in [5.74, 6) is 0. The molecule has 33 heavy (non-hydrogen) atoms. The SMILES string of the molecule is C=CS(=O)(=O)OCCN1C(=O)N(CCOS(=O)(=O)C=C)C(O)N(CCOS(=O)(=O)C=C)C1=O. The second-order valence-electron chi connectivity index (χ2n) is 5.89. The Bertz CT molecular complexity index is 1020. The predicted molar refractivity (Wildman–Crippen MR) is 112 cm³/mol. The summed E-state index contributed by atoms with van der Waals surface area (Å²) < 4.78 is 81.8. The Labute approximate surface area is 191 Å². The van der Waals surface area contributed by atoms with Crippen LogP contribution in [0.1, 0.15) is 0 Å². The normalized spacial score (nSPS) is 16.2. The molecule has 0 aromatic carbocycles. The molecule has 0 bridgehead atoms. The van der Waals surface area contributed by atoms with Crippen LogP contribution in [0.5, 0.6) is 0 Å². The summed E-state index contributed by atoms with van der Waals surface area (Å²) in [4.78, 5) is 27.1. The van der Waals surface area contributed by atoms with Crippen molar-refractivity contribution in [3.8, 4) is 0 Å². The second-order valence-corrected chi connectivity index (χ2v) is 10.6. The van der Waals surface area contributed by atoms with E-state index in [1.165, 1.54) is 0 Å². The maximum Gasteiger partial charge on any atom is 0.331 e. The molecule has 1 aliphatic heterocycles. The molecule has 0 aliphatic carbocycles. The van der Waals surface area contributed by atoms with Crippen molar-refractivity contribution in [2.45, 2.75) is 6.35 Å². The molecule has 1 aliphatic rings. The number of aliphatic hydroxyl groups excluding tert-OH is 1. The van der Waals surface area contributed by atoms with E-state index < -0.39 is 88.2 Å². The van der Waals surface area contributed by atoms with Crippen LogP contribution in [0.3, 0.4) is 0 Å². The van der Waals surface area contributed by atoms with Crippen LogP contribution in [0.4, 0.5) is 9.59 Å². The van der Waals surface area contributed by atoms with Crippen LogP contribution in [-0.2, 0) is 42.9 Å². The van der Waals surface area contributed by atoms with Crippen molar-refractivity contribution >= 4 is 42.4 Å². The molecule has 0 spiro atoms. The van der Waals surface area contributed by atoms with E-state index in [4.69, 9.17) is 0 Å². The molecule has 0 aromatic heterocycles. The topological polar surface area (TPSA) is 194 Å². The van der Waals surface area contributed by atoms with Crippen molar-refractivity contribution in [2.75, 3.05) is 39.5 Å². The van der Waals surface area contributed by atoms with Gasteiger partial charge < -0.3 is 5.11 Å². The van der Waals surface area contributed by atoms with Gasteiger partial charge in [-0.3, -0.25) is 22.3 Å². The summed E-state index contributed by atoms with van der Waals surface area (Å²) in [6.45, 7) is 5.52. The van der Waals surface area contributed by atoms with Crippen molar-refractivity contribution in [1.82, 2.24) is 14.7 Å². The van der Waals surface area contributed by atoms with Gasteiger partial charge in [-0.15, -0.1) is 0 Å². The number of hydrogen-bond acceptors (Lipinski definition) is 12. The molecular weight excluding hydrogens is 510 g/mol. The Kier molecular flexibility index (Phi) is 10.2. The number of amides is 4. The lowest BCUT2D eigenvalue weighted by Crippen LogP contribution is -2.67. The van der Waals surface area contributed by atoms with Gasteiger partial charge in [0.1, 0.15) is 0 Å². The number of imide groups is 1. The molecule has 4 amide bonds. The minimum Gasteiger partial charge on any atom is -0.356 e. The molecule has 1 rings (SSSR count). The lowest BCUT2D eigenvalue weighted by atomic mass is 10.4. The van der Waals surface area contributed by atoms with E-state index >= 15 is 0 Å². The van der Waals surface area contributed by atoms with Gasteiger partial charge in [0.15, 0.2) is 0 Å². The Morgan fingerprint density at radius 2 is 1.00 bits per heavy atom. The smallest absolute Gasteiger partial charge is 0.331 e. The van der Waals surface area contributed by atoms with Gasteiger partial charge in [-0.05, 0) is 0 Å². The van der Waals surface area contributed by atoms with Crippen LogP contribution in [0.15, 0.2) is 36.0 Å². The Balaban J connectivity index is 3.04. The minimum absolute atomic E-state index is 0.495. The first kappa shape index (κ1) is 28.7.